The molecular weight excluding hydrogens is 258 g/mol. The number of carbonyl (C=O) groups excluding carboxylic acids is 1. The van der Waals surface area contributed by atoms with Gasteiger partial charge in [0.25, 0.3) is 0 Å². The van der Waals surface area contributed by atoms with Crippen molar-refractivity contribution >= 4 is 5.97 Å². The summed E-state index contributed by atoms with van der Waals surface area (Å²) in [5.74, 6) is -1.46. The number of carboxylic acid groups (broad SMARTS) is 1. The molecule has 2 fully saturated rings. The number of carboxylic acids is 1. The van der Waals surface area contributed by atoms with Gasteiger partial charge in [-0.05, 0) is 0 Å². The summed E-state index contributed by atoms with van der Waals surface area (Å²) in [5, 5.41) is 11.1. The highest BCUT2D eigenvalue weighted by Crippen LogP contribution is 2.27. The lowest BCUT2D eigenvalue weighted by Gasteiger charge is -2.35. The molecule has 0 unspecified atom stereocenters. The minimum atomic E-state index is -1.10. The summed E-state index contributed by atoms with van der Waals surface area (Å²) in [7, 11) is 0. The van der Waals surface area contributed by atoms with Gasteiger partial charge < -0.3 is 24.3 Å². The van der Waals surface area contributed by atoms with E-state index in [1.54, 1.807) is 12.1 Å². The zero-order valence-corrected chi connectivity index (χ0v) is 11.4. The summed E-state index contributed by atoms with van der Waals surface area (Å²) >= 11 is 0. The van der Waals surface area contributed by atoms with E-state index in [1.807, 2.05) is 12.1 Å². The smallest absolute Gasteiger partial charge is 0.179 e. The number of piperidine rings is 1. The van der Waals surface area contributed by atoms with Crippen LogP contribution in [0.2, 0.25) is 0 Å². The first kappa shape index (κ1) is 13.5. The van der Waals surface area contributed by atoms with Crippen LogP contribution >= 0.6 is 0 Å². The molecule has 1 spiro atoms. The normalized spacial score (nSPS) is 22.2. The van der Waals surface area contributed by atoms with Crippen LogP contribution in [0, 0.1) is 0 Å². The van der Waals surface area contributed by atoms with Crippen molar-refractivity contribution in [3.8, 4) is 0 Å². The molecule has 1 aromatic carbocycles. The van der Waals surface area contributed by atoms with Crippen molar-refractivity contribution in [1.29, 1.82) is 0 Å². The van der Waals surface area contributed by atoms with Crippen LogP contribution in [0.5, 0.6) is 0 Å². The molecule has 1 N–H and O–H groups in total. The highest BCUT2D eigenvalue weighted by molar-refractivity contribution is 5.87. The lowest BCUT2D eigenvalue weighted by molar-refractivity contribution is -0.922. The number of nitrogens with one attached hydrogen (secondary N) is 1. The maximum Gasteiger partial charge on any atom is 0.179 e. The van der Waals surface area contributed by atoms with E-state index < -0.39 is 5.97 Å². The van der Waals surface area contributed by atoms with Crippen LogP contribution in [0.1, 0.15) is 28.8 Å². The van der Waals surface area contributed by atoms with Gasteiger partial charge >= 0.3 is 0 Å². The Labute approximate surface area is 118 Å². The average Bonchev–Trinajstić information content (AvgIpc) is 2.90. The van der Waals surface area contributed by atoms with Gasteiger partial charge in [0.2, 0.25) is 0 Å². The number of ether oxygens (including phenoxy) is 2. The number of aromatic carboxylic acids is 1. The third-order valence-electron chi connectivity index (χ3n) is 4.21. The van der Waals surface area contributed by atoms with Gasteiger partial charge in [-0.25, -0.2) is 0 Å². The van der Waals surface area contributed by atoms with Crippen molar-refractivity contribution in [2.75, 3.05) is 26.3 Å². The standard InChI is InChI=1S/C15H19NO4/c17-14(18)13-4-2-1-3-12(13)11-16-7-5-15(6-8-16)19-9-10-20-15/h1-4H,5-11H2,(H,17,18). The van der Waals surface area contributed by atoms with E-state index in [0.717, 1.165) is 31.5 Å². The molecule has 2 saturated heterocycles. The molecule has 0 bridgehead atoms. The Morgan fingerprint density at radius 2 is 1.85 bits per heavy atom. The molecule has 0 saturated carbocycles. The first-order valence-electron chi connectivity index (χ1n) is 7.09. The molecule has 2 aliphatic rings. The number of rotatable bonds is 3. The number of carbonyl (C=O) groups is 1. The quantitative estimate of drug-likeness (QED) is 0.767. The summed E-state index contributed by atoms with van der Waals surface area (Å²) in [6.45, 7) is 3.94. The van der Waals surface area contributed by atoms with E-state index in [4.69, 9.17) is 9.47 Å². The Morgan fingerprint density at radius 3 is 2.50 bits per heavy atom. The van der Waals surface area contributed by atoms with Gasteiger partial charge in [-0.2, -0.15) is 0 Å². The van der Waals surface area contributed by atoms with Crippen LogP contribution in [0.3, 0.4) is 0 Å². The van der Waals surface area contributed by atoms with E-state index in [9.17, 15) is 9.90 Å². The minimum Gasteiger partial charge on any atom is -0.545 e. The molecule has 20 heavy (non-hydrogen) atoms. The van der Waals surface area contributed by atoms with Crippen LogP contribution in [0.25, 0.3) is 0 Å². The van der Waals surface area contributed by atoms with Gasteiger partial charge in [-0.1, -0.05) is 24.3 Å². The predicted molar refractivity (Wildman–Crippen MR) is 69.0 cm³/mol. The molecule has 3 rings (SSSR count). The predicted octanol–water partition coefficient (Wildman–Crippen LogP) is -1.03. The second-order valence-electron chi connectivity index (χ2n) is 5.48. The molecule has 0 aliphatic carbocycles. The van der Waals surface area contributed by atoms with Crippen molar-refractivity contribution in [2.24, 2.45) is 0 Å². The second kappa shape index (κ2) is 5.52. The molecule has 1 aromatic rings. The molecule has 0 radical (unpaired) electrons. The number of likely N-dealkylation sites (tertiary alicyclic amines) is 1. The van der Waals surface area contributed by atoms with Crippen LogP contribution < -0.4 is 10.0 Å². The summed E-state index contributed by atoms with van der Waals surface area (Å²) < 4.78 is 11.4. The number of quaternary nitrogens is 1. The third kappa shape index (κ3) is 2.70. The first-order chi connectivity index (χ1) is 9.69. The molecule has 0 amide bonds. The highest BCUT2D eigenvalue weighted by Gasteiger charge is 2.41. The van der Waals surface area contributed by atoms with Crippen LogP contribution in [0.15, 0.2) is 24.3 Å². The maximum absolute atomic E-state index is 11.1. The lowest BCUT2D eigenvalue weighted by atomic mass is 10.0. The van der Waals surface area contributed by atoms with Crippen LogP contribution in [0.4, 0.5) is 0 Å². The number of benzene rings is 1. The van der Waals surface area contributed by atoms with Gasteiger partial charge in [-0.3, -0.25) is 0 Å². The molecule has 5 heteroatoms. The SMILES string of the molecule is O=C([O-])c1ccccc1C[NH+]1CCC2(CC1)OCCO2. The fraction of sp³-hybridized carbons (Fsp3) is 0.533. The van der Waals surface area contributed by atoms with Crippen molar-refractivity contribution in [1.82, 2.24) is 0 Å². The minimum absolute atomic E-state index is 0.300. The van der Waals surface area contributed by atoms with Gasteiger partial charge in [-0.15, -0.1) is 0 Å². The van der Waals surface area contributed by atoms with Crippen molar-refractivity contribution in [3.63, 3.8) is 0 Å². The Bertz CT molecular complexity index is 486. The molecule has 5 nitrogen and oxygen atoms in total. The van der Waals surface area contributed by atoms with Gasteiger partial charge in [0, 0.05) is 11.1 Å². The largest absolute Gasteiger partial charge is 0.545 e. The zero-order valence-electron chi connectivity index (χ0n) is 11.4. The first-order valence-corrected chi connectivity index (χ1v) is 7.09. The number of hydrogen-bond donors (Lipinski definition) is 1. The van der Waals surface area contributed by atoms with E-state index in [2.05, 4.69) is 0 Å². The number of hydrogen-bond acceptors (Lipinski definition) is 4. The fourth-order valence-electron chi connectivity index (χ4n) is 3.09. The van der Waals surface area contributed by atoms with Crippen molar-refractivity contribution in [3.05, 3.63) is 35.4 Å². The van der Waals surface area contributed by atoms with E-state index in [0.29, 0.717) is 25.3 Å². The molecular formula is C15H19NO4. The average molecular weight is 277 g/mol. The Morgan fingerprint density at radius 1 is 1.20 bits per heavy atom. The topological polar surface area (TPSA) is 63.0 Å². The molecule has 0 aromatic heterocycles. The van der Waals surface area contributed by atoms with Crippen LogP contribution in [-0.4, -0.2) is 38.1 Å². The van der Waals surface area contributed by atoms with Crippen LogP contribution in [-0.2, 0) is 16.0 Å². The van der Waals surface area contributed by atoms with E-state index in [-0.39, 0.29) is 5.79 Å². The molecule has 2 aliphatic heterocycles. The summed E-state index contributed by atoms with van der Waals surface area (Å²) in [6, 6.07) is 7.08. The van der Waals surface area contributed by atoms with Gasteiger partial charge in [0.15, 0.2) is 5.79 Å². The zero-order chi connectivity index (χ0) is 14.0. The van der Waals surface area contributed by atoms with Gasteiger partial charge in [0.05, 0.1) is 45.1 Å². The summed E-state index contributed by atoms with van der Waals surface area (Å²) in [6.07, 6.45) is 1.74. The fourth-order valence-corrected chi connectivity index (χ4v) is 3.09. The Hall–Kier alpha value is -1.43. The molecule has 108 valence electrons. The monoisotopic (exact) mass is 277 g/mol. The Kier molecular flexibility index (Phi) is 3.74. The summed E-state index contributed by atoms with van der Waals surface area (Å²) in [4.78, 5) is 12.5. The van der Waals surface area contributed by atoms with Crippen molar-refractivity contribution in [2.45, 2.75) is 25.2 Å². The molecule has 2 heterocycles. The van der Waals surface area contributed by atoms with E-state index >= 15 is 0 Å². The Balaban J connectivity index is 1.64. The van der Waals surface area contributed by atoms with Gasteiger partial charge in [0.1, 0.15) is 6.54 Å². The molecule has 0 atom stereocenters. The van der Waals surface area contributed by atoms with Crippen molar-refractivity contribution < 1.29 is 24.3 Å². The highest BCUT2D eigenvalue weighted by atomic mass is 16.7. The summed E-state index contributed by atoms with van der Waals surface area (Å²) in [5.41, 5.74) is 1.14. The van der Waals surface area contributed by atoms with E-state index in [1.165, 1.54) is 4.90 Å². The maximum atomic E-state index is 11.1. The lowest BCUT2D eigenvalue weighted by Crippen LogP contribution is -3.12. The second-order valence-corrected chi connectivity index (χ2v) is 5.48. The third-order valence-corrected chi connectivity index (χ3v) is 4.21.